The van der Waals surface area contributed by atoms with Crippen LogP contribution in [0.3, 0.4) is 0 Å². The van der Waals surface area contributed by atoms with Crippen LogP contribution in [0.15, 0.2) is 48.5 Å². The van der Waals surface area contributed by atoms with Crippen LogP contribution in [0.4, 0.5) is 0 Å². The summed E-state index contributed by atoms with van der Waals surface area (Å²) in [5.74, 6) is 0.519. The minimum atomic E-state index is -0.491. The Morgan fingerprint density at radius 3 is 2.09 bits per heavy atom. The van der Waals surface area contributed by atoms with Crippen LogP contribution >= 0.6 is 0 Å². The Balaban J connectivity index is 1.87. The maximum atomic E-state index is 11.8. The Bertz CT molecular complexity index is 704. The number of carbonyl (C=O) groups excluding carboxylic acids is 1. The van der Waals surface area contributed by atoms with Gasteiger partial charge >= 0.3 is 5.97 Å². The Morgan fingerprint density at radius 1 is 1.00 bits per heavy atom. The highest BCUT2D eigenvalue weighted by Gasteiger charge is 2.13. The fourth-order valence-electron chi connectivity index (χ4n) is 1.95. The van der Waals surface area contributed by atoms with Crippen molar-refractivity contribution in [2.75, 3.05) is 6.61 Å². The molecule has 0 unspecified atom stereocenters. The van der Waals surface area contributed by atoms with Crippen molar-refractivity contribution in [3.05, 3.63) is 59.7 Å². The van der Waals surface area contributed by atoms with E-state index in [1.54, 1.807) is 24.3 Å². The normalized spacial score (nSPS) is 10.7. The van der Waals surface area contributed by atoms with Crippen LogP contribution in [0.5, 0.6) is 11.5 Å². The van der Waals surface area contributed by atoms with E-state index in [0.717, 1.165) is 0 Å². The first-order valence-electron chi connectivity index (χ1n) is 7.33. The lowest BCUT2D eigenvalue weighted by molar-refractivity contribution is -0.136. The number of esters is 1. The molecule has 4 nitrogen and oxygen atoms in total. The predicted octanol–water partition coefficient (Wildman–Crippen LogP) is 3.84. The lowest BCUT2D eigenvalue weighted by Crippen LogP contribution is -2.17. The second kappa shape index (κ2) is 6.97. The zero-order valence-electron chi connectivity index (χ0n) is 13.5. The minimum absolute atomic E-state index is 0.0764. The van der Waals surface area contributed by atoms with Crippen LogP contribution < -0.4 is 9.47 Å². The van der Waals surface area contributed by atoms with Crippen LogP contribution in [0.2, 0.25) is 0 Å². The van der Waals surface area contributed by atoms with Gasteiger partial charge in [-0.1, -0.05) is 32.9 Å². The van der Waals surface area contributed by atoms with Gasteiger partial charge in [0, 0.05) is 0 Å². The van der Waals surface area contributed by atoms with E-state index in [4.69, 9.17) is 14.7 Å². The zero-order valence-corrected chi connectivity index (χ0v) is 13.5. The van der Waals surface area contributed by atoms with Gasteiger partial charge in [-0.3, -0.25) is 0 Å². The summed E-state index contributed by atoms with van der Waals surface area (Å²) in [6.07, 6.45) is 0. The molecule has 2 aromatic carbocycles. The van der Waals surface area contributed by atoms with Crippen LogP contribution in [0.1, 0.15) is 31.9 Å². The van der Waals surface area contributed by atoms with Gasteiger partial charge in [0.25, 0.3) is 0 Å². The maximum absolute atomic E-state index is 11.8. The molecule has 4 heteroatoms. The van der Waals surface area contributed by atoms with Gasteiger partial charge in [0.2, 0.25) is 0 Å². The largest absolute Gasteiger partial charge is 0.482 e. The highest BCUT2D eigenvalue weighted by molar-refractivity contribution is 5.74. The van der Waals surface area contributed by atoms with Crippen molar-refractivity contribution in [2.24, 2.45) is 0 Å². The summed E-state index contributed by atoms with van der Waals surface area (Å²) >= 11 is 0. The number of carbonyl (C=O) groups is 1. The van der Waals surface area contributed by atoms with Crippen molar-refractivity contribution in [3.63, 3.8) is 0 Å². The quantitative estimate of drug-likeness (QED) is 0.636. The molecular formula is C19H19NO3. The molecule has 2 aromatic rings. The molecule has 0 aromatic heterocycles. The molecule has 0 atom stereocenters. The fourth-order valence-corrected chi connectivity index (χ4v) is 1.95. The number of hydrogen-bond donors (Lipinski definition) is 0. The summed E-state index contributed by atoms with van der Waals surface area (Å²) in [4.78, 5) is 11.8. The van der Waals surface area contributed by atoms with Crippen LogP contribution in [0.25, 0.3) is 0 Å². The molecule has 0 N–H and O–H groups in total. The number of nitriles is 1. The standard InChI is InChI=1S/C19H19NO3/c1-19(2,3)15-6-10-16(11-7-15)22-13-18(21)23-17-8-4-14(12-20)5-9-17/h4-11H,13H2,1-3H3. The summed E-state index contributed by atoms with van der Waals surface area (Å²) in [7, 11) is 0. The number of ether oxygens (including phenoxy) is 2. The Labute approximate surface area is 136 Å². The first kappa shape index (κ1) is 16.6. The summed E-state index contributed by atoms with van der Waals surface area (Å²) < 4.78 is 10.6. The molecule has 118 valence electrons. The van der Waals surface area contributed by atoms with Gasteiger partial charge in [0.1, 0.15) is 11.5 Å². The van der Waals surface area contributed by atoms with Crippen LogP contribution in [-0.4, -0.2) is 12.6 Å². The van der Waals surface area contributed by atoms with E-state index in [2.05, 4.69) is 20.8 Å². The van der Waals surface area contributed by atoms with Crippen molar-refractivity contribution < 1.29 is 14.3 Å². The molecule has 0 heterocycles. The zero-order chi connectivity index (χ0) is 16.9. The monoisotopic (exact) mass is 309 g/mol. The van der Waals surface area contributed by atoms with E-state index in [1.165, 1.54) is 5.56 Å². The molecule has 23 heavy (non-hydrogen) atoms. The van der Waals surface area contributed by atoms with Gasteiger partial charge in [-0.2, -0.15) is 5.26 Å². The van der Waals surface area contributed by atoms with Crippen molar-refractivity contribution in [2.45, 2.75) is 26.2 Å². The molecule has 2 rings (SSSR count). The van der Waals surface area contributed by atoms with E-state index in [0.29, 0.717) is 17.1 Å². The average Bonchev–Trinajstić information content (AvgIpc) is 2.53. The first-order chi connectivity index (χ1) is 10.9. The smallest absolute Gasteiger partial charge is 0.349 e. The third kappa shape index (κ3) is 4.86. The summed E-state index contributed by atoms with van der Waals surface area (Å²) in [6.45, 7) is 6.24. The number of nitrogens with zero attached hydrogens (tertiary/aromatic N) is 1. The van der Waals surface area contributed by atoms with E-state index >= 15 is 0 Å². The van der Waals surface area contributed by atoms with Crippen molar-refractivity contribution >= 4 is 5.97 Å². The lowest BCUT2D eigenvalue weighted by Gasteiger charge is -2.19. The van der Waals surface area contributed by atoms with E-state index < -0.39 is 5.97 Å². The summed E-state index contributed by atoms with van der Waals surface area (Å²) in [6, 6.07) is 16.0. The van der Waals surface area contributed by atoms with Crippen molar-refractivity contribution in [1.82, 2.24) is 0 Å². The number of rotatable bonds is 4. The van der Waals surface area contributed by atoms with Crippen LogP contribution in [0, 0.1) is 11.3 Å². The molecule has 0 radical (unpaired) electrons. The van der Waals surface area contributed by atoms with Gasteiger partial charge in [0.15, 0.2) is 6.61 Å². The molecule has 0 aliphatic carbocycles. The first-order valence-corrected chi connectivity index (χ1v) is 7.33. The fraction of sp³-hybridized carbons (Fsp3) is 0.263. The maximum Gasteiger partial charge on any atom is 0.349 e. The molecule has 0 aliphatic heterocycles. The number of benzene rings is 2. The van der Waals surface area contributed by atoms with Gasteiger partial charge in [-0.05, 0) is 47.4 Å². The topological polar surface area (TPSA) is 59.3 Å². The SMILES string of the molecule is CC(C)(C)c1ccc(OCC(=O)Oc2ccc(C#N)cc2)cc1. The number of hydrogen-bond acceptors (Lipinski definition) is 4. The third-order valence-corrected chi connectivity index (χ3v) is 3.29. The second-order valence-electron chi connectivity index (χ2n) is 6.17. The molecule has 0 spiro atoms. The lowest BCUT2D eigenvalue weighted by atomic mass is 9.87. The van der Waals surface area contributed by atoms with Crippen LogP contribution in [-0.2, 0) is 10.2 Å². The van der Waals surface area contributed by atoms with E-state index in [-0.39, 0.29) is 12.0 Å². The Kier molecular flexibility index (Phi) is 5.02. The molecule has 0 bridgehead atoms. The molecular weight excluding hydrogens is 290 g/mol. The molecule has 0 amide bonds. The molecule has 0 saturated heterocycles. The molecule has 0 fully saturated rings. The van der Waals surface area contributed by atoms with Gasteiger partial charge < -0.3 is 9.47 Å². The highest BCUT2D eigenvalue weighted by Crippen LogP contribution is 2.24. The van der Waals surface area contributed by atoms with Gasteiger partial charge in [-0.25, -0.2) is 4.79 Å². The van der Waals surface area contributed by atoms with Crippen molar-refractivity contribution in [1.29, 1.82) is 5.26 Å². The Morgan fingerprint density at radius 2 is 1.57 bits per heavy atom. The predicted molar refractivity (Wildman–Crippen MR) is 87.4 cm³/mol. The molecule has 0 saturated carbocycles. The van der Waals surface area contributed by atoms with Gasteiger partial charge in [0.05, 0.1) is 11.6 Å². The third-order valence-electron chi connectivity index (χ3n) is 3.29. The van der Waals surface area contributed by atoms with Crippen molar-refractivity contribution in [3.8, 4) is 17.6 Å². The van der Waals surface area contributed by atoms with E-state index in [1.807, 2.05) is 30.3 Å². The van der Waals surface area contributed by atoms with E-state index in [9.17, 15) is 4.79 Å². The average molecular weight is 309 g/mol. The second-order valence-corrected chi connectivity index (χ2v) is 6.17. The highest BCUT2D eigenvalue weighted by atomic mass is 16.6. The summed E-state index contributed by atoms with van der Waals surface area (Å²) in [5, 5.41) is 8.71. The molecule has 0 aliphatic rings. The minimum Gasteiger partial charge on any atom is -0.482 e. The van der Waals surface area contributed by atoms with Gasteiger partial charge in [-0.15, -0.1) is 0 Å². The Hall–Kier alpha value is -2.80. The summed E-state index contributed by atoms with van der Waals surface area (Å²) in [5.41, 5.74) is 1.79.